The normalized spacial score (nSPS) is 23.1. The van der Waals surface area contributed by atoms with Crippen molar-refractivity contribution >= 4 is 0 Å². The minimum Gasteiger partial charge on any atom is -0.379 e. The lowest BCUT2D eigenvalue weighted by molar-refractivity contribution is -0.0122. The molecule has 0 unspecified atom stereocenters. The van der Waals surface area contributed by atoms with Crippen molar-refractivity contribution in [3.63, 3.8) is 0 Å². The summed E-state index contributed by atoms with van der Waals surface area (Å²) >= 11 is 0. The molecule has 130 valence electrons. The van der Waals surface area contributed by atoms with E-state index in [0.717, 1.165) is 6.42 Å². The van der Waals surface area contributed by atoms with Crippen LogP contribution in [0.2, 0.25) is 0 Å². The molecule has 0 aromatic carbocycles. The van der Waals surface area contributed by atoms with Gasteiger partial charge in [-0.15, -0.1) is 6.58 Å². The fourth-order valence-electron chi connectivity index (χ4n) is 1.92. The minimum atomic E-state index is 0.325. The van der Waals surface area contributed by atoms with E-state index >= 15 is 0 Å². The highest BCUT2D eigenvalue weighted by atomic mass is 16.6. The summed E-state index contributed by atoms with van der Waals surface area (Å²) in [4.78, 5) is 0. The van der Waals surface area contributed by atoms with Crippen molar-refractivity contribution in [3.8, 4) is 0 Å². The first-order chi connectivity index (χ1) is 10.9. The maximum absolute atomic E-state index is 5.62. The second-order valence-corrected chi connectivity index (χ2v) is 4.99. The Morgan fingerprint density at radius 1 is 0.591 bits per heavy atom. The van der Waals surface area contributed by atoms with E-state index in [2.05, 4.69) is 6.58 Å². The van der Waals surface area contributed by atoms with E-state index in [0.29, 0.717) is 85.2 Å². The molecule has 1 aliphatic heterocycles. The summed E-state index contributed by atoms with van der Waals surface area (Å²) in [6.07, 6.45) is 2.78. The Labute approximate surface area is 133 Å². The summed E-state index contributed by atoms with van der Waals surface area (Å²) < 4.78 is 32.9. The zero-order chi connectivity index (χ0) is 15.7. The van der Waals surface area contributed by atoms with Gasteiger partial charge >= 0.3 is 0 Å². The molecule has 6 nitrogen and oxygen atoms in total. The molecule has 0 aliphatic carbocycles. The number of hydrogen-bond donors (Lipinski definition) is 0. The Bertz CT molecular complexity index is 229. The van der Waals surface area contributed by atoms with Gasteiger partial charge in [0.25, 0.3) is 0 Å². The van der Waals surface area contributed by atoms with E-state index in [-0.39, 0.29) is 0 Å². The second kappa shape index (κ2) is 15.4. The van der Waals surface area contributed by atoms with Gasteiger partial charge in [-0.2, -0.15) is 0 Å². The summed E-state index contributed by atoms with van der Waals surface area (Å²) in [5.74, 6) is 0.325. The van der Waals surface area contributed by atoms with Crippen LogP contribution in [0, 0.1) is 5.92 Å². The van der Waals surface area contributed by atoms with Crippen molar-refractivity contribution < 1.29 is 28.4 Å². The zero-order valence-corrected chi connectivity index (χ0v) is 13.5. The van der Waals surface area contributed by atoms with Gasteiger partial charge in [0.05, 0.1) is 79.3 Å². The van der Waals surface area contributed by atoms with Crippen molar-refractivity contribution in [2.75, 3.05) is 79.3 Å². The molecule has 0 aromatic heterocycles. The zero-order valence-electron chi connectivity index (χ0n) is 13.5. The number of rotatable bonds is 2. The molecule has 1 rings (SSSR count). The Morgan fingerprint density at radius 3 is 1.23 bits per heavy atom. The topological polar surface area (TPSA) is 55.4 Å². The highest BCUT2D eigenvalue weighted by Crippen LogP contribution is 2.05. The third-order valence-electron chi connectivity index (χ3n) is 3.07. The molecule has 0 N–H and O–H groups in total. The molecule has 1 fully saturated rings. The van der Waals surface area contributed by atoms with Gasteiger partial charge in [0.2, 0.25) is 0 Å². The lowest BCUT2D eigenvalue weighted by atomic mass is 10.1. The fourth-order valence-corrected chi connectivity index (χ4v) is 1.92. The predicted molar refractivity (Wildman–Crippen MR) is 83.2 cm³/mol. The molecule has 1 aliphatic rings. The van der Waals surface area contributed by atoms with Crippen LogP contribution < -0.4 is 0 Å². The lowest BCUT2D eigenvalue weighted by Gasteiger charge is -2.16. The monoisotopic (exact) mass is 318 g/mol. The quantitative estimate of drug-likeness (QED) is 0.715. The Hall–Kier alpha value is -0.500. The molecule has 6 heteroatoms. The van der Waals surface area contributed by atoms with Crippen molar-refractivity contribution in [1.29, 1.82) is 0 Å². The van der Waals surface area contributed by atoms with Gasteiger partial charge < -0.3 is 28.4 Å². The van der Waals surface area contributed by atoms with Crippen molar-refractivity contribution in [2.24, 2.45) is 5.92 Å². The molecule has 0 amide bonds. The fraction of sp³-hybridized carbons (Fsp3) is 0.875. The summed E-state index contributed by atoms with van der Waals surface area (Å²) in [6, 6.07) is 0. The average Bonchev–Trinajstić information content (AvgIpc) is 2.52. The van der Waals surface area contributed by atoms with Gasteiger partial charge in [-0.3, -0.25) is 0 Å². The Kier molecular flexibility index (Phi) is 13.7. The smallest absolute Gasteiger partial charge is 0.0701 e. The number of allylic oxidation sites excluding steroid dienone is 1. The summed E-state index contributed by atoms with van der Waals surface area (Å²) in [5.41, 5.74) is 0. The first kappa shape index (κ1) is 19.5. The van der Waals surface area contributed by atoms with Gasteiger partial charge in [0.15, 0.2) is 0 Å². The molecule has 0 saturated carbocycles. The van der Waals surface area contributed by atoms with E-state index in [1.165, 1.54) is 0 Å². The Morgan fingerprint density at radius 2 is 0.909 bits per heavy atom. The van der Waals surface area contributed by atoms with Crippen LogP contribution in [-0.4, -0.2) is 79.3 Å². The largest absolute Gasteiger partial charge is 0.379 e. The summed E-state index contributed by atoms with van der Waals surface area (Å²) in [7, 11) is 0. The standard InChI is InChI=1S/C16H30O6/c1-2-3-16-14-21-12-10-19-8-6-17-4-5-18-7-9-20-11-13-22-15-16/h2,16H,1,3-15H2. The third-order valence-corrected chi connectivity index (χ3v) is 3.07. The van der Waals surface area contributed by atoms with E-state index in [1.54, 1.807) is 0 Å². The van der Waals surface area contributed by atoms with Gasteiger partial charge in [0.1, 0.15) is 0 Å². The van der Waals surface area contributed by atoms with Gasteiger partial charge in [-0.1, -0.05) is 6.08 Å². The molecule has 0 bridgehead atoms. The van der Waals surface area contributed by atoms with Crippen LogP contribution in [0.5, 0.6) is 0 Å². The van der Waals surface area contributed by atoms with E-state index in [4.69, 9.17) is 28.4 Å². The lowest BCUT2D eigenvalue weighted by Crippen LogP contribution is -2.19. The molecular weight excluding hydrogens is 288 g/mol. The molecule has 0 radical (unpaired) electrons. The molecule has 0 aromatic rings. The van der Waals surface area contributed by atoms with Crippen LogP contribution in [0.25, 0.3) is 0 Å². The van der Waals surface area contributed by atoms with Gasteiger partial charge in [-0.05, 0) is 6.42 Å². The molecular formula is C16H30O6. The van der Waals surface area contributed by atoms with Crippen molar-refractivity contribution in [1.82, 2.24) is 0 Å². The van der Waals surface area contributed by atoms with Crippen LogP contribution >= 0.6 is 0 Å². The first-order valence-electron chi connectivity index (χ1n) is 8.01. The molecule has 0 atom stereocenters. The van der Waals surface area contributed by atoms with E-state index in [1.807, 2.05) is 6.08 Å². The highest BCUT2D eigenvalue weighted by molar-refractivity contribution is 4.72. The van der Waals surface area contributed by atoms with E-state index < -0.39 is 0 Å². The molecule has 1 saturated heterocycles. The van der Waals surface area contributed by atoms with Crippen LogP contribution in [0.4, 0.5) is 0 Å². The first-order valence-corrected chi connectivity index (χ1v) is 8.01. The number of ether oxygens (including phenoxy) is 6. The minimum absolute atomic E-state index is 0.325. The third kappa shape index (κ3) is 12.1. The van der Waals surface area contributed by atoms with E-state index in [9.17, 15) is 0 Å². The summed E-state index contributed by atoms with van der Waals surface area (Å²) in [5, 5.41) is 0. The average molecular weight is 318 g/mol. The predicted octanol–water partition coefficient (Wildman–Crippen LogP) is 1.29. The SMILES string of the molecule is C=CCC1COCCOCCOCCOCCOCCOC1. The van der Waals surface area contributed by atoms with Gasteiger partial charge in [-0.25, -0.2) is 0 Å². The van der Waals surface area contributed by atoms with Crippen LogP contribution in [-0.2, 0) is 28.4 Å². The molecule has 1 heterocycles. The number of hydrogen-bond acceptors (Lipinski definition) is 6. The van der Waals surface area contributed by atoms with Crippen LogP contribution in [0.15, 0.2) is 12.7 Å². The molecule has 0 spiro atoms. The maximum Gasteiger partial charge on any atom is 0.0701 e. The van der Waals surface area contributed by atoms with Crippen LogP contribution in [0.3, 0.4) is 0 Å². The highest BCUT2D eigenvalue weighted by Gasteiger charge is 2.07. The van der Waals surface area contributed by atoms with Crippen molar-refractivity contribution in [2.45, 2.75) is 6.42 Å². The van der Waals surface area contributed by atoms with Crippen molar-refractivity contribution in [3.05, 3.63) is 12.7 Å². The van der Waals surface area contributed by atoms with Gasteiger partial charge in [0, 0.05) is 5.92 Å². The molecule has 22 heavy (non-hydrogen) atoms. The second-order valence-electron chi connectivity index (χ2n) is 4.99. The maximum atomic E-state index is 5.62. The summed E-state index contributed by atoms with van der Waals surface area (Å²) in [6.45, 7) is 10.9. The Balaban J connectivity index is 2.20. The van der Waals surface area contributed by atoms with Crippen LogP contribution in [0.1, 0.15) is 6.42 Å².